The number of nitrogens with zero attached hydrogens (tertiary/aromatic N) is 1. The van der Waals surface area contributed by atoms with Gasteiger partial charge in [0.15, 0.2) is 0 Å². The van der Waals surface area contributed by atoms with Crippen LogP contribution in [0.1, 0.15) is 49.8 Å². The Hall–Kier alpha value is -1.29. The molecule has 0 radical (unpaired) electrons. The zero-order valence-corrected chi connectivity index (χ0v) is 13.0. The van der Waals surface area contributed by atoms with E-state index in [9.17, 15) is 13.6 Å². The van der Waals surface area contributed by atoms with Crippen LogP contribution in [0.2, 0.25) is 0 Å². The van der Waals surface area contributed by atoms with Gasteiger partial charge in [-0.1, -0.05) is 19.1 Å². The highest BCUT2D eigenvalue weighted by atomic mass is 19.3. The normalized spacial score (nSPS) is 19.0. The molecule has 116 valence electrons. The molecule has 1 saturated heterocycles. The van der Waals surface area contributed by atoms with Crippen molar-refractivity contribution in [2.24, 2.45) is 0 Å². The van der Waals surface area contributed by atoms with Crippen LogP contribution < -0.4 is 0 Å². The van der Waals surface area contributed by atoms with Crippen LogP contribution in [0.4, 0.5) is 8.78 Å². The number of Topliss-reactive ketones (excluding diaryl/α,β-unsaturated/α-hetero) is 1. The van der Waals surface area contributed by atoms with Gasteiger partial charge in [-0.3, -0.25) is 4.79 Å². The molecule has 0 saturated carbocycles. The molecule has 0 aromatic heterocycles. The molecule has 0 spiro atoms. The summed E-state index contributed by atoms with van der Waals surface area (Å²) in [5.41, 5.74) is 1.14. The zero-order chi connectivity index (χ0) is 15.6. The number of hydrogen-bond donors (Lipinski definition) is 0. The fourth-order valence-corrected chi connectivity index (χ4v) is 3.35. The minimum absolute atomic E-state index is 0.00847. The van der Waals surface area contributed by atoms with Crippen LogP contribution in [-0.2, 0) is 10.2 Å². The number of alkyl halides is 2. The second-order valence-electron chi connectivity index (χ2n) is 5.95. The number of aryl methyl sites for hydroxylation is 1. The number of carbonyl (C=O) groups excluding carboxylic acids is 1. The van der Waals surface area contributed by atoms with Crippen molar-refractivity contribution in [1.82, 2.24) is 4.90 Å². The smallest absolute Gasteiger partial charge is 0.263 e. The van der Waals surface area contributed by atoms with Gasteiger partial charge in [0, 0.05) is 5.56 Å². The van der Waals surface area contributed by atoms with Crippen molar-refractivity contribution in [2.45, 2.75) is 45.5 Å². The van der Waals surface area contributed by atoms with E-state index in [-0.39, 0.29) is 11.3 Å². The molecule has 1 aromatic rings. The summed E-state index contributed by atoms with van der Waals surface area (Å²) in [6.45, 7) is 8.24. The monoisotopic (exact) mass is 295 g/mol. The maximum atomic E-state index is 13.0. The topological polar surface area (TPSA) is 20.3 Å². The first-order valence-corrected chi connectivity index (χ1v) is 7.53. The second kappa shape index (κ2) is 6.22. The first-order chi connectivity index (χ1) is 9.90. The molecule has 0 amide bonds. The molecule has 1 fully saturated rings. The summed E-state index contributed by atoms with van der Waals surface area (Å²) in [6, 6.07) is 4.72. The molecule has 0 N–H and O–H groups in total. The Morgan fingerprint density at radius 3 is 2.43 bits per heavy atom. The van der Waals surface area contributed by atoms with Gasteiger partial charge in [0.2, 0.25) is 0 Å². The number of halogens is 2. The van der Waals surface area contributed by atoms with Crippen molar-refractivity contribution >= 4 is 5.78 Å². The first-order valence-electron chi connectivity index (χ1n) is 7.53. The number of rotatable bonds is 4. The Kier molecular flexibility index (Phi) is 4.77. The molecule has 2 nitrogen and oxygen atoms in total. The van der Waals surface area contributed by atoms with E-state index in [0.717, 1.165) is 30.8 Å². The van der Waals surface area contributed by atoms with Gasteiger partial charge in [-0.25, -0.2) is 8.78 Å². The highest BCUT2D eigenvalue weighted by Crippen LogP contribution is 2.39. The number of piperidine rings is 1. The summed E-state index contributed by atoms with van der Waals surface area (Å²) >= 11 is 0. The fourth-order valence-electron chi connectivity index (χ4n) is 3.35. The fraction of sp³-hybridized carbons (Fsp3) is 0.588. The van der Waals surface area contributed by atoms with E-state index >= 15 is 0 Å². The molecule has 1 aliphatic rings. The molecule has 0 atom stereocenters. The quantitative estimate of drug-likeness (QED) is 0.840. The lowest BCUT2D eigenvalue weighted by Gasteiger charge is -2.41. The van der Waals surface area contributed by atoms with Crippen molar-refractivity contribution in [3.8, 4) is 0 Å². The molecule has 1 aromatic carbocycles. The van der Waals surface area contributed by atoms with Crippen molar-refractivity contribution in [3.63, 3.8) is 0 Å². The van der Waals surface area contributed by atoms with E-state index in [1.54, 1.807) is 19.1 Å². The average molecular weight is 295 g/mol. The summed E-state index contributed by atoms with van der Waals surface area (Å²) in [6.07, 6.45) is -1.07. The highest BCUT2D eigenvalue weighted by molar-refractivity contribution is 5.88. The van der Waals surface area contributed by atoms with E-state index in [4.69, 9.17) is 0 Å². The summed E-state index contributed by atoms with van der Waals surface area (Å²) in [7, 11) is 0. The van der Waals surface area contributed by atoms with Gasteiger partial charge in [0.25, 0.3) is 6.43 Å². The molecule has 0 aliphatic carbocycles. The standard InChI is InChI=1S/C17H23F2NO/c1-4-20-9-7-17(8-10-20,13(3)21)15-11-14(16(18)19)6-5-12(15)2/h5-6,11,16H,4,7-10H2,1-3H3. The zero-order valence-electron chi connectivity index (χ0n) is 13.0. The van der Waals surface area contributed by atoms with Gasteiger partial charge in [-0.05, 0) is 63.5 Å². The van der Waals surface area contributed by atoms with Crippen molar-refractivity contribution in [2.75, 3.05) is 19.6 Å². The predicted octanol–water partition coefficient (Wildman–Crippen LogP) is 3.88. The van der Waals surface area contributed by atoms with Crippen molar-refractivity contribution in [3.05, 3.63) is 34.9 Å². The molecule has 4 heteroatoms. The summed E-state index contributed by atoms with van der Waals surface area (Å²) in [5.74, 6) is 0.0905. The molecule has 0 unspecified atom stereocenters. The van der Waals surface area contributed by atoms with Crippen molar-refractivity contribution in [1.29, 1.82) is 0 Å². The van der Waals surface area contributed by atoms with Crippen LogP contribution >= 0.6 is 0 Å². The van der Waals surface area contributed by atoms with E-state index in [1.807, 2.05) is 6.92 Å². The maximum Gasteiger partial charge on any atom is 0.263 e. The highest BCUT2D eigenvalue weighted by Gasteiger charge is 2.41. The Labute approximate surface area is 125 Å². The minimum Gasteiger partial charge on any atom is -0.304 e. The van der Waals surface area contributed by atoms with Crippen LogP contribution in [0.3, 0.4) is 0 Å². The van der Waals surface area contributed by atoms with E-state index in [1.165, 1.54) is 6.07 Å². The number of benzene rings is 1. The molecule has 1 heterocycles. The number of likely N-dealkylation sites (tertiary alicyclic amines) is 1. The molecule has 1 aliphatic heterocycles. The van der Waals surface area contributed by atoms with Crippen LogP contribution in [0.15, 0.2) is 18.2 Å². The van der Waals surface area contributed by atoms with Gasteiger partial charge in [0.05, 0.1) is 5.41 Å². The van der Waals surface area contributed by atoms with E-state index in [0.29, 0.717) is 12.8 Å². The molecule has 2 rings (SSSR count). The van der Waals surface area contributed by atoms with Crippen LogP contribution in [0.25, 0.3) is 0 Å². The van der Waals surface area contributed by atoms with E-state index in [2.05, 4.69) is 11.8 Å². The minimum atomic E-state index is -2.50. The van der Waals surface area contributed by atoms with Crippen LogP contribution in [-0.4, -0.2) is 30.3 Å². The third kappa shape index (κ3) is 3.00. The Balaban J connectivity index is 2.44. The lowest BCUT2D eigenvalue weighted by Crippen LogP contribution is -2.46. The first kappa shape index (κ1) is 16.1. The van der Waals surface area contributed by atoms with Crippen molar-refractivity contribution < 1.29 is 13.6 Å². The third-order valence-corrected chi connectivity index (χ3v) is 4.86. The summed E-state index contributed by atoms with van der Waals surface area (Å²) in [4.78, 5) is 14.6. The van der Waals surface area contributed by atoms with Crippen LogP contribution in [0, 0.1) is 6.92 Å². The van der Waals surface area contributed by atoms with Crippen LogP contribution in [0.5, 0.6) is 0 Å². The lowest BCUT2D eigenvalue weighted by atomic mass is 9.68. The summed E-state index contributed by atoms with van der Waals surface area (Å²) < 4.78 is 26.0. The predicted molar refractivity (Wildman–Crippen MR) is 79.8 cm³/mol. The number of hydrogen-bond acceptors (Lipinski definition) is 2. The number of ketones is 1. The van der Waals surface area contributed by atoms with Gasteiger partial charge in [-0.2, -0.15) is 0 Å². The molecular formula is C17H23F2NO. The summed E-state index contributed by atoms with van der Waals surface area (Å²) in [5, 5.41) is 0. The average Bonchev–Trinajstić information content (AvgIpc) is 2.47. The Bertz CT molecular complexity index is 520. The van der Waals surface area contributed by atoms with Gasteiger partial charge in [0.1, 0.15) is 5.78 Å². The Morgan fingerprint density at radius 1 is 1.33 bits per heavy atom. The molecular weight excluding hydrogens is 272 g/mol. The Morgan fingerprint density at radius 2 is 1.95 bits per heavy atom. The number of carbonyl (C=O) groups is 1. The van der Waals surface area contributed by atoms with Gasteiger partial charge in [-0.15, -0.1) is 0 Å². The maximum absolute atomic E-state index is 13.0. The second-order valence-corrected chi connectivity index (χ2v) is 5.95. The SMILES string of the molecule is CCN1CCC(C(C)=O)(c2cc(C(F)F)ccc2C)CC1. The lowest BCUT2D eigenvalue weighted by molar-refractivity contribution is -0.124. The van der Waals surface area contributed by atoms with Gasteiger partial charge < -0.3 is 4.90 Å². The van der Waals surface area contributed by atoms with Gasteiger partial charge >= 0.3 is 0 Å². The molecule has 21 heavy (non-hydrogen) atoms. The van der Waals surface area contributed by atoms with E-state index < -0.39 is 11.8 Å². The third-order valence-electron chi connectivity index (χ3n) is 4.86. The molecule has 0 bridgehead atoms. The largest absolute Gasteiger partial charge is 0.304 e.